The minimum atomic E-state index is 0.0898. The molecule has 0 radical (unpaired) electrons. The molecule has 0 aliphatic heterocycles. The van der Waals surface area contributed by atoms with Gasteiger partial charge in [-0.1, -0.05) is 13.8 Å². The zero-order valence-electron chi connectivity index (χ0n) is 9.40. The summed E-state index contributed by atoms with van der Waals surface area (Å²) in [4.78, 5) is 4.05. The van der Waals surface area contributed by atoms with Crippen molar-refractivity contribution in [1.29, 1.82) is 5.26 Å². The van der Waals surface area contributed by atoms with E-state index in [4.69, 9.17) is 10.00 Å². The first-order valence-electron chi connectivity index (χ1n) is 5.15. The lowest BCUT2D eigenvalue weighted by atomic mass is 10.1. The highest BCUT2D eigenvalue weighted by Crippen LogP contribution is 2.17. The first-order valence-corrected chi connectivity index (χ1v) is 5.15. The highest BCUT2D eigenvalue weighted by molar-refractivity contribution is 5.37. The number of nitriles is 1. The molecule has 1 rings (SSSR count). The third-order valence-corrected chi connectivity index (χ3v) is 2.01. The van der Waals surface area contributed by atoms with Gasteiger partial charge in [0.05, 0.1) is 6.10 Å². The maximum Gasteiger partial charge on any atom is 0.231 e. The molecule has 1 atom stereocenters. The fourth-order valence-corrected chi connectivity index (χ4v) is 1.47. The Labute approximate surface area is 90.7 Å². The Morgan fingerprint density at radius 2 is 2.20 bits per heavy atom. The molecule has 0 aliphatic carbocycles. The van der Waals surface area contributed by atoms with Gasteiger partial charge in [0, 0.05) is 6.20 Å². The smallest absolute Gasteiger partial charge is 0.231 e. The molecule has 0 fully saturated rings. The van der Waals surface area contributed by atoms with Crippen LogP contribution in [0.4, 0.5) is 0 Å². The largest absolute Gasteiger partial charge is 0.474 e. The van der Waals surface area contributed by atoms with Gasteiger partial charge in [-0.3, -0.25) is 0 Å². The minimum Gasteiger partial charge on any atom is -0.474 e. The van der Waals surface area contributed by atoms with Gasteiger partial charge in [0.1, 0.15) is 11.6 Å². The van der Waals surface area contributed by atoms with Gasteiger partial charge in [-0.2, -0.15) is 5.26 Å². The van der Waals surface area contributed by atoms with Crippen LogP contribution in [0, 0.1) is 17.2 Å². The first kappa shape index (κ1) is 11.5. The average Bonchev–Trinajstić information content (AvgIpc) is 2.17. The van der Waals surface area contributed by atoms with Gasteiger partial charge >= 0.3 is 0 Å². The molecule has 3 nitrogen and oxygen atoms in total. The Kier molecular flexibility index (Phi) is 4.11. The van der Waals surface area contributed by atoms with Crippen LogP contribution < -0.4 is 4.74 Å². The van der Waals surface area contributed by atoms with Crippen LogP contribution in [0.2, 0.25) is 0 Å². The Hall–Kier alpha value is -1.56. The molecule has 1 aromatic heterocycles. The average molecular weight is 204 g/mol. The zero-order chi connectivity index (χ0) is 11.3. The van der Waals surface area contributed by atoms with Crippen molar-refractivity contribution in [3.05, 3.63) is 23.9 Å². The van der Waals surface area contributed by atoms with Gasteiger partial charge in [0.25, 0.3) is 0 Å². The third-order valence-electron chi connectivity index (χ3n) is 2.01. The minimum absolute atomic E-state index is 0.0898. The van der Waals surface area contributed by atoms with Crippen LogP contribution in [-0.2, 0) is 0 Å². The highest BCUT2D eigenvalue weighted by Gasteiger charge is 2.10. The van der Waals surface area contributed by atoms with Gasteiger partial charge in [-0.25, -0.2) is 4.98 Å². The van der Waals surface area contributed by atoms with E-state index in [0.717, 1.165) is 6.42 Å². The number of ether oxygens (including phenoxy) is 1. The summed E-state index contributed by atoms with van der Waals surface area (Å²) in [5.41, 5.74) is 0.494. The maximum atomic E-state index is 8.84. The molecule has 80 valence electrons. The lowest BCUT2D eigenvalue weighted by molar-refractivity contribution is 0.185. The van der Waals surface area contributed by atoms with Crippen LogP contribution in [0.15, 0.2) is 18.3 Å². The molecule has 0 spiro atoms. The van der Waals surface area contributed by atoms with Crippen LogP contribution in [0.1, 0.15) is 32.8 Å². The van der Waals surface area contributed by atoms with E-state index in [1.54, 1.807) is 18.3 Å². The summed E-state index contributed by atoms with van der Waals surface area (Å²) < 4.78 is 5.61. The number of hydrogen-bond donors (Lipinski definition) is 0. The second-order valence-electron chi connectivity index (χ2n) is 4.03. The standard InChI is InChI=1S/C12H16N2O/c1-9(2)7-10(3)15-12-11(8-13)5-4-6-14-12/h4-6,9-10H,7H2,1-3H3. The fourth-order valence-electron chi connectivity index (χ4n) is 1.47. The number of pyridine rings is 1. The van der Waals surface area contributed by atoms with Gasteiger partial charge in [0.15, 0.2) is 0 Å². The Bertz CT molecular complexity index is 355. The lowest BCUT2D eigenvalue weighted by Crippen LogP contribution is -2.15. The van der Waals surface area contributed by atoms with Gasteiger partial charge < -0.3 is 4.74 Å². The van der Waals surface area contributed by atoms with Crippen molar-refractivity contribution in [3.63, 3.8) is 0 Å². The second-order valence-corrected chi connectivity index (χ2v) is 4.03. The van der Waals surface area contributed by atoms with Crippen LogP contribution in [-0.4, -0.2) is 11.1 Å². The van der Waals surface area contributed by atoms with Crippen LogP contribution in [0.3, 0.4) is 0 Å². The summed E-state index contributed by atoms with van der Waals surface area (Å²) in [6.45, 7) is 6.28. The van der Waals surface area contributed by atoms with Crippen molar-refractivity contribution < 1.29 is 4.74 Å². The molecule has 0 saturated heterocycles. The second kappa shape index (κ2) is 5.35. The Morgan fingerprint density at radius 3 is 2.80 bits per heavy atom. The van der Waals surface area contributed by atoms with Crippen LogP contribution >= 0.6 is 0 Å². The van der Waals surface area contributed by atoms with E-state index in [-0.39, 0.29) is 6.10 Å². The Morgan fingerprint density at radius 1 is 1.47 bits per heavy atom. The molecule has 15 heavy (non-hydrogen) atoms. The number of hydrogen-bond acceptors (Lipinski definition) is 3. The van der Waals surface area contributed by atoms with Crippen LogP contribution in [0.5, 0.6) is 5.88 Å². The predicted octanol–water partition coefficient (Wildman–Crippen LogP) is 2.77. The Balaban J connectivity index is 2.68. The van der Waals surface area contributed by atoms with Crippen molar-refractivity contribution in [3.8, 4) is 11.9 Å². The summed E-state index contributed by atoms with van der Waals surface area (Å²) in [7, 11) is 0. The molecule has 0 N–H and O–H groups in total. The van der Waals surface area contributed by atoms with E-state index in [1.165, 1.54) is 0 Å². The van der Waals surface area contributed by atoms with E-state index in [9.17, 15) is 0 Å². The molecule has 1 heterocycles. The summed E-state index contributed by atoms with van der Waals surface area (Å²) in [6, 6.07) is 5.51. The number of rotatable bonds is 4. The molecular weight excluding hydrogens is 188 g/mol. The quantitative estimate of drug-likeness (QED) is 0.757. The van der Waals surface area contributed by atoms with E-state index >= 15 is 0 Å². The van der Waals surface area contributed by atoms with Crippen molar-refractivity contribution in [2.75, 3.05) is 0 Å². The lowest BCUT2D eigenvalue weighted by Gasteiger charge is -2.16. The van der Waals surface area contributed by atoms with E-state index in [2.05, 4.69) is 24.9 Å². The topological polar surface area (TPSA) is 45.9 Å². The number of aromatic nitrogens is 1. The molecule has 1 aromatic rings. The molecule has 0 amide bonds. The molecular formula is C12H16N2O. The molecule has 0 aromatic carbocycles. The van der Waals surface area contributed by atoms with Crippen molar-refractivity contribution in [2.45, 2.75) is 33.3 Å². The van der Waals surface area contributed by atoms with Gasteiger partial charge in [-0.15, -0.1) is 0 Å². The summed E-state index contributed by atoms with van der Waals surface area (Å²) in [5.74, 6) is 1.02. The molecule has 1 unspecified atom stereocenters. The molecule has 0 bridgehead atoms. The van der Waals surface area contributed by atoms with Crippen LogP contribution in [0.25, 0.3) is 0 Å². The molecule has 3 heteroatoms. The normalized spacial score (nSPS) is 12.2. The van der Waals surface area contributed by atoms with Gasteiger partial charge in [0.2, 0.25) is 5.88 Å². The molecule has 0 aliphatic rings. The first-order chi connectivity index (χ1) is 7.13. The van der Waals surface area contributed by atoms with Crippen molar-refractivity contribution >= 4 is 0 Å². The van der Waals surface area contributed by atoms with E-state index < -0.39 is 0 Å². The number of nitrogens with zero attached hydrogens (tertiary/aromatic N) is 2. The van der Waals surface area contributed by atoms with Gasteiger partial charge in [-0.05, 0) is 31.4 Å². The zero-order valence-corrected chi connectivity index (χ0v) is 9.40. The monoisotopic (exact) mass is 204 g/mol. The highest BCUT2D eigenvalue weighted by atomic mass is 16.5. The van der Waals surface area contributed by atoms with E-state index in [0.29, 0.717) is 17.4 Å². The fraction of sp³-hybridized carbons (Fsp3) is 0.500. The third kappa shape index (κ3) is 3.59. The predicted molar refractivity (Wildman–Crippen MR) is 58.5 cm³/mol. The summed E-state index contributed by atoms with van der Waals surface area (Å²) in [5, 5.41) is 8.84. The summed E-state index contributed by atoms with van der Waals surface area (Å²) in [6.07, 6.45) is 2.69. The SMILES string of the molecule is CC(C)CC(C)Oc1ncccc1C#N. The summed E-state index contributed by atoms with van der Waals surface area (Å²) >= 11 is 0. The van der Waals surface area contributed by atoms with Crippen molar-refractivity contribution in [1.82, 2.24) is 4.98 Å². The van der Waals surface area contributed by atoms with E-state index in [1.807, 2.05) is 6.92 Å². The maximum absolute atomic E-state index is 8.84. The van der Waals surface area contributed by atoms with Crippen molar-refractivity contribution in [2.24, 2.45) is 5.92 Å². The molecule has 0 saturated carbocycles.